The molecule has 124 valence electrons. The molecule has 7 heteroatoms. The number of ether oxygens (including phenoxy) is 1. The summed E-state index contributed by atoms with van der Waals surface area (Å²) >= 11 is 0. The Labute approximate surface area is 140 Å². The lowest BCUT2D eigenvalue weighted by Crippen LogP contribution is -2.42. The molecule has 1 aliphatic rings. The highest BCUT2D eigenvalue weighted by Gasteiger charge is 2.22. The molecule has 4 rings (SSSR count). The summed E-state index contributed by atoms with van der Waals surface area (Å²) in [7, 11) is 1.61. The van der Waals surface area contributed by atoms with Crippen LogP contribution in [0.3, 0.4) is 0 Å². The van der Waals surface area contributed by atoms with Crippen molar-refractivity contribution in [2.75, 3.05) is 30.4 Å². The lowest BCUT2D eigenvalue weighted by Gasteiger charge is -2.32. The third-order valence-corrected chi connectivity index (χ3v) is 4.29. The van der Waals surface area contributed by atoms with Crippen molar-refractivity contribution in [3.05, 3.63) is 36.7 Å². The molecule has 0 saturated carbocycles. The first-order valence-electron chi connectivity index (χ1n) is 8.14. The molecule has 1 saturated heterocycles. The number of methoxy groups -OCH3 is 1. The third-order valence-electron chi connectivity index (χ3n) is 4.29. The Bertz CT molecular complexity index is 782. The van der Waals surface area contributed by atoms with E-state index in [1.165, 1.54) is 0 Å². The average molecular weight is 324 g/mol. The Hall–Kier alpha value is -2.83. The number of piperidine rings is 1. The standard InChI is InChI=1S/C17H20N6O/c1-24-13-9-18-16(19-10-13)20-12-5-4-8-23(11-12)17-21-14-6-2-3-7-15(14)22-17/h2-3,6-7,9-10,12H,4-5,8,11H2,1H3,(H,21,22)(H,18,19,20). The summed E-state index contributed by atoms with van der Waals surface area (Å²) in [5, 5.41) is 3.40. The number of aromatic nitrogens is 4. The second-order valence-electron chi connectivity index (χ2n) is 5.95. The third kappa shape index (κ3) is 2.97. The molecular formula is C17H20N6O. The number of fused-ring (bicyclic) bond motifs is 1. The number of nitrogens with one attached hydrogen (secondary N) is 2. The monoisotopic (exact) mass is 324 g/mol. The van der Waals surface area contributed by atoms with Crippen LogP contribution in [0.25, 0.3) is 11.0 Å². The van der Waals surface area contributed by atoms with Crippen molar-refractivity contribution < 1.29 is 4.74 Å². The Balaban J connectivity index is 1.46. The maximum atomic E-state index is 5.09. The Kier molecular flexibility index (Phi) is 3.90. The number of anilines is 2. The molecule has 7 nitrogen and oxygen atoms in total. The summed E-state index contributed by atoms with van der Waals surface area (Å²) in [6, 6.07) is 8.40. The fourth-order valence-electron chi connectivity index (χ4n) is 3.06. The van der Waals surface area contributed by atoms with Crippen LogP contribution in [0.2, 0.25) is 0 Å². The van der Waals surface area contributed by atoms with E-state index in [0.717, 1.165) is 42.9 Å². The van der Waals surface area contributed by atoms with E-state index >= 15 is 0 Å². The molecule has 2 N–H and O–H groups in total. The maximum absolute atomic E-state index is 5.09. The van der Waals surface area contributed by atoms with Gasteiger partial charge in [-0.05, 0) is 25.0 Å². The predicted octanol–water partition coefficient (Wildman–Crippen LogP) is 2.44. The van der Waals surface area contributed by atoms with Crippen molar-refractivity contribution >= 4 is 22.9 Å². The van der Waals surface area contributed by atoms with Gasteiger partial charge >= 0.3 is 0 Å². The van der Waals surface area contributed by atoms with Crippen LogP contribution in [0.4, 0.5) is 11.9 Å². The summed E-state index contributed by atoms with van der Waals surface area (Å²) in [6.07, 6.45) is 5.54. The van der Waals surface area contributed by atoms with Crippen LogP contribution < -0.4 is 15.0 Å². The summed E-state index contributed by atoms with van der Waals surface area (Å²) in [4.78, 5) is 19.0. The molecule has 0 amide bonds. The quantitative estimate of drug-likeness (QED) is 0.767. The summed E-state index contributed by atoms with van der Waals surface area (Å²) in [6.45, 7) is 1.87. The van der Waals surface area contributed by atoms with E-state index in [1.54, 1.807) is 19.5 Å². The highest BCUT2D eigenvalue weighted by atomic mass is 16.5. The molecule has 0 aliphatic carbocycles. The normalized spacial score (nSPS) is 17.9. The predicted molar refractivity (Wildman–Crippen MR) is 93.5 cm³/mol. The number of nitrogens with zero attached hydrogens (tertiary/aromatic N) is 4. The van der Waals surface area contributed by atoms with Crippen LogP contribution >= 0.6 is 0 Å². The van der Waals surface area contributed by atoms with Crippen molar-refractivity contribution in [2.45, 2.75) is 18.9 Å². The minimum Gasteiger partial charge on any atom is -0.494 e. The Morgan fingerprint density at radius 3 is 2.88 bits per heavy atom. The van der Waals surface area contributed by atoms with Gasteiger partial charge in [-0.1, -0.05) is 12.1 Å². The van der Waals surface area contributed by atoms with E-state index < -0.39 is 0 Å². The molecule has 2 aromatic heterocycles. The Morgan fingerprint density at radius 2 is 2.08 bits per heavy atom. The number of hydrogen-bond acceptors (Lipinski definition) is 6. The molecule has 3 heterocycles. The molecule has 1 fully saturated rings. The Morgan fingerprint density at radius 1 is 1.25 bits per heavy atom. The number of imidazole rings is 1. The summed E-state index contributed by atoms with van der Waals surface area (Å²) in [5.74, 6) is 2.22. The minimum absolute atomic E-state index is 0.292. The van der Waals surface area contributed by atoms with Crippen molar-refractivity contribution in [2.24, 2.45) is 0 Å². The zero-order valence-electron chi connectivity index (χ0n) is 13.6. The molecule has 1 atom stereocenters. The minimum atomic E-state index is 0.292. The second kappa shape index (κ2) is 6.35. The average Bonchev–Trinajstić information content (AvgIpc) is 3.07. The van der Waals surface area contributed by atoms with Gasteiger partial charge in [-0.3, -0.25) is 0 Å². The largest absolute Gasteiger partial charge is 0.494 e. The van der Waals surface area contributed by atoms with E-state index in [2.05, 4.69) is 31.2 Å². The number of H-pyrrole nitrogens is 1. The first-order valence-corrected chi connectivity index (χ1v) is 8.14. The fraction of sp³-hybridized carbons (Fsp3) is 0.353. The molecule has 0 spiro atoms. The van der Waals surface area contributed by atoms with E-state index in [4.69, 9.17) is 9.72 Å². The summed E-state index contributed by atoms with van der Waals surface area (Å²) < 4.78 is 5.09. The second-order valence-corrected chi connectivity index (χ2v) is 5.95. The lowest BCUT2D eigenvalue weighted by atomic mass is 10.1. The van der Waals surface area contributed by atoms with Crippen LogP contribution in [0.15, 0.2) is 36.7 Å². The van der Waals surface area contributed by atoms with Crippen LogP contribution in [-0.2, 0) is 0 Å². The van der Waals surface area contributed by atoms with Crippen molar-refractivity contribution in [1.82, 2.24) is 19.9 Å². The van der Waals surface area contributed by atoms with Gasteiger partial charge in [-0.15, -0.1) is 0 Å². The number of benzene rings is 1. The van der Waals surface area contributed by atoms with E-state index in [0.29, 0.717) is 17.7 Å². The first kappa shape index (κ1) is 14.7. The first-order chi connectivity index (χ1) is 11.8. The highest BCUT2D eigenvalue weighted by molar-refractivity contribution is 5.77. The number of rotatable bonds is 4. The van der Waals surface area contributed by atoms with Gasteiger partial charge in [0.05, 0.1) is 30.5 Å². The van der Waals surface area contributed by atoms with Gasteiger partial charge in [-0.2, -0.15) is 0 Å². The molecule has 0 radical (unpaired) electrons. The lowest BCUT2D eigenvalue weighted by molar-refractivity contribution is 0.410. The van der Waals surface area contributed by atoms with Crippen molar-refractivity contribution in [1.29, 1.82) is 0 Å². The molecular weight excluding hydrogens is 304 g/mol. The van der Waals surface area contributed by atoms with E-state index in [1.807, 2.05) is 18.2 Å². The number of aromatic amines is 1. The van der Waals surface area contributed by atoms with Gasteiger partial charge in [0.2, 0.25) is 11.9 Å². The molecule has 0 bridgehead atoms. The topological polar surface area (TPSA) is 79.0 Å². The maximum Gasteiger partial charge on any atom is 0.223 e. The molecule has 24 heavy (non-hydrogen) atoms. The summed E-state index contributed by atoms with van der Waals surface area (Å²) in [5.41, 5.74) is 2.07. The van der Waals surface area contributed by atoms with Crippen LogP contribution in [0, 0.1) is 0 Å². The van der Waals surface area contributed by atoms with Gasteiger partial charge in [-0.25, -0.2) is 15.0 Å². The van der Waals surface area contributed by atoms with Gasteiger partial charge in [0, 0.05) is 19.1 Å². The molecule has 1 aliphatic heterocycles. The molecule has 3 aromatic rings. The van der Waals surface area contributed by atoms with Gasteiger partial charge in [0.15, 0.2) is 5.75 Å². The van der Waals surface area contributed by atoms with E-state index in [9.17, 15) is 0 Å². The molecule has 1 unspecified atom stereocenters. The zero-order chi connectivity index (χ0) is 16.4. The smallest absolute Gasteiger partial charge is 0.223 e. The SMILES string of the molecule is COc1cnc(NC2CCCN(c3nc4ccccc4[nH]3)C2)nc1. The van der Waals surface area contributed by atoms with E-state index in [-0.39, 0.29) is 0 Å². The molecule has 1 aromatic carbocycles. The number of para-hydroxylation sites is 2. The van der Waals surface area contributed by atoms with Crippen LogP contribution in [-0.4, -0.2) is 46.2 Å². The fourth-order valence-corrected chi connectivity index (χ4v) is 3.06. The zero-order valence-corrected chi connectivity index (χ0v) is 13.6. The number of hydrogen-bond donors (Lipinski definition) is 2. The van der Waals surface area contributed by atoms with Crippen LogP contribution in [0.1, 0.15) is 12.8 Å². The van der Waals surface area contributed by atoms with Gasteiger partial charge in [0.25, 0.3) is 0 Å². The van der Waals surface area contributed by atoms with Crippen molar-refractivity contribution in [3.8, 4) is 5.75 Å². The van der Waals surface area contributed by atoms with Crippen molar-refractivity contribution in [3.63, 3.8) is 0 Å². The van der Waals surface area contributed by atoms with Gasteiger partial charge in [0.1, 0.15) is 0 Å². The van der Waals surface area contributed by atoms with Gasteiger partial charge < -0.3 is 19.9 Å². The van der Waals surface area contributed by atoms with Crippen LogP contribution in [0.5, 0.6) is 5.75 Å². The highest BCUT2D eigenvalue weighted by Crippen LogP contribution is 2.22.